The summed E-state index contributed by atoms with van der Waals surface area (Å²) in [6.07, 6.45) is 0. The summed E-state index contributed by atoms with van der Waals surface area (Å²) in [5.74, 6) is -1.37. The molecule has 0 aliphatic carbocycles. The molecule has 0 atom stereocenters. The number of carboxylic acids is 1. The van der Waals surface area contributed by atoms with E-state index in [1.165, 1.54) is 12.1 Å². The molecule has 0 unspecified atom stereocenters. The van der Waals surface area contributed by atoms with E-state index in [-0.39, 0.29) is 18.1 Å². The van der Waals surface area contributed by atoms with Crippen LogP contribution in [0.4, 0.5) is 4.39 Å². The van der Waals surface area contributed by atoms with Crippen LogP contribution in [0.15, 0.2) is 33.2 Å². The molecule has 0 aliphatic rings. The average Bonchev–Trinajstić information content (AvgIpc) is 2.72. The highest BCUT2D eigenvalue weighted by Crippen LogP contribution is 2.24. The van der Waals surface area contributed by atoms with E-state index in [0.717, 1.165) is 0 Å². The Morgan fingerprint density at radius 2 is 2.21 bits per heavy atom. The van der Waals surface area contributed by atoms with Crippen molar-refractivity contribution in [3.05, 3.63) is 51.6 Å². The van der Waals surface area contributed by atoms with E-state index in [9.17, 15) is 9.18 Å². The van der Waals surface area contributed by atoms with Gasteiger partial charge in [0.1, 0.15) is 12.4 Å². The minimum absolute atomic E-state index is 0.0402. The Morgan fingerprint density at radius 3 is 2.84 bits per heavy atom. The maximum absolute atomic E-state index is 13.4. The average molecular weight is 329 g/mol. The van der Waals surface area contributed by atoms with E-state index in [4.69, 9.17) is 14.3 Å². The van der Waals surface area contributed by atoms with Crippen molar-refractivity contribution in [2.45, 2.75) is 13.5 Å². The van der Waals surface area contributed by atoms with Crippen molar-refractivity contribution in [1.82, 2.24) is 0 Å². The summed E-state index contributed by atoms with van der Waals surface area (Å²) in [5.41, 5.74) is 0.501. The highest BCUT2D eigenvalue weighted by Gasteiger charge is 2.15. The van der Waals surface area contributed by atoms with Crippen molar-refractivity contribution in [3.63, 3.8) is 0 Å². The molecule has 0 saturated carbocycles. The second-order valence-corrected chi connectivity index (χ2v) is 4.81. The molecular weight excluding hydrogens is 319 g/mol. The number of furan rings is 1. The molecule has 0 aliphatic heterocycles. The molecule has 19 heavy (non-hydrogen) atoms. The summed E-state index contributed by atoms with van der Waals surface area (Å²) < 4.78 is 24.5. The maximum Gasteiger partial charge on any atom is 0.372 e. The second kappa shape index (κ2) is 5.44. The van der Waals surface area contributed by atoms with Gasteiger partial charge in [-0.05, 0) is 31.2 Å². The number of benzene rings is 1. The Balaban J connectivity index is 2.12. The van der Waals surface area contributed by atoms with Crippen LogP contribution >= 0.6 is 15.9 Å². The Hall–Kier alpha value is -1.82. The van der Waals surface area contributed by atoms with Gasteiger partial charge in [0.15, 0.2) is 11.6 Å². The number of aryl methyl sites for hydroxylation is 1. The minimum atomic E-state index is -1.14. The van der Waals surface area contributed by atoms with E-state index in [2.05, 4.69) is 15.9 Å². The fourth-order valence-electron chi connectivity index (χ4n) is 1.57. The van der Waals surface area contributed by atoms with Crippen LogP contribution in [0, 0.1) is 12.7 Å². The summed E-state index contributed by atoms with van der Waals surface area (Å²) in [6, 6.07) is 5.87. The predicted molar refractivity (Wildman–Crippen MR) is 68.8 cm³/mol. The van der Waals surface area contributed by atoms with Gasteiger partial charge in [0.05, 0.1) is 0 Å². The van der Waals surface area contributed by atoms with Crippen LogP contribution in [0.5, 0.6) is 5.75 Å². The number of rotatable bonds is 4. The molecule has 1 aromatic heterocycles. The molecular formula is C13H10BrFO4. The van der Waals surface area contributed by atoms with E-state index < -0.39 is 11.8 Å². The van der Waals surface area contributed by atoms with Crippen molar-refractivity contribution < 1.29 is 23.4 Å². The van der Waals surface area contributed by atoms with Crippen molar-refractivity contribution in [2.24, 2.45) is 0 Å². The summed E-state index contributed by atoms with van der Waals surface area (Å²) >= 11 is 3.21. The molecule has 0 radical (unpaired) electrons. The van der Waals surface area contributed by atoms with Gasteiger partial charge >= 0.3 is 5.97 Å². The van der Waals surface area contributed by atoms with E-state index in [1.54, 1.807) is 19.1 Å². The van der Waals surface area contributed by atoms with Gasteiger partial charge in [-0.2, -0.15) is 0 Å². The zero-order valence-electron chi connectivity index (χ0n) is 9.94. The Bertz CT molecular complexity index is 621. The van der Waals surface area contributed by atoms with Crippen LogP contribution in [0.1, 0.15) is 21.9 Å². The van der Waals surface area contributed by atoms with Crippen LogP contribution in [0.2, 0.25) is 0 Å². The van der Waals surface area contributed by atoms with Gasteiger partial charge in [-0.15, -0.1) is 0 Å². The van der Waals surface area contributed by atoms with Gasteiger partial charge in [0.25, 0.3) is 0 Å². The smallest absolute Gasteiger partial charge is 0.372 e. The summed E-state index contributed by atoms with van der Waals surface area (Å²) in [7, 11) is 0. The summed E-state index contributed by atoms with van der Waals surface area (Å²) in [5, 5.41) is 8.84. The van der Waals surface area contributed by atoms with Gasteiger partial charge in [-0.1, -0.05) is 15.9 Å². The topological polar surface area (TPSA) is 59.7 Å². The SMILES string of the molecule is Cc1cc(COc2cc(Br)ccc2F)oc1C(=O)O. The van der Waals surface area contributed by atoms with E-state index in [1.807, 2.05) is 0 Å². The van der Waals surface area contributed by atoms with E-state index in [0.29, 0.717) is 15.8 Å². The van der Waals surface area contributed by atoms with Crippen molar-refractivity contribution in [1.29, 1.82) is 0 Å². The lowest BCUT2D eigenvalue weighted by atomic mass is 10.2. The normalized spacial score (nSPS) is 10.5. The molecule has 0 fully saturated rings. The lowest BCUT2D eigenvalue weighted by Gasteiger charge is -2.05. The Morgan fingerprint density at radius 1 is 1.47 bits per heavy atom. The molecule has 1 aromatic carbocycles. The molecule has 1 heterocycles. The van der Waals surface area contributed by atoms with Crippen molar-refractivity contribution in [2.75, 3.05) is 0 Å². The number of aromatic carboxylic acids is 1. The first-order chi connectivity index (χ1) is 8.97. The Kier molecular flexibility index (Phi) is 3.90. The van der Waals surface area contributed by atoms with Crippen LogP contribution in [-0.4, -0.2) is 11.1 Å². The standard InChI is InChI=1S/C13H10BrFO4/c1-7-4-9(19-12(7)13(16)17)6-18-11-5-8(14)2-3-10(11)15/h2-5H,6H2,1H3,(H,16,17). The van der Waals surface area contributed by atoms with Crippen LogP contribution in [0.3, 0.4) is 0 Å². The zero-order valence-corrected chi connectivity index (χ0v) is 11.5. The predicted octanol–water partition coefficient (Wildman–Crippen LogP) is 3.77. The molecule has 100 valence electrons. The van der Waals surface area contributed by atoms with Crippen molar-refractivity contribution in [3.8, 4) is 5.75 Å². The quantitative estimate of drug-likeness (QED) is 0.928. The molecule has 0 saturated heterocycles. The highest BCUT2D eigenvalue weighted by atomic mass is 79.9. The van der Waals surface area contributed by atoms with Gasteiger partial charge in [-0.3, -0.25) is 0 Å². The first-order valence-electron chi connectivity index (χ1n) is 5.38. The van der Waals surface area contributed by atoms with E-state index >= 15 is 0 Å². The molecule has 0 bridgehead atoms. The number of carbonyl (C=O) groups is 1. The zero-order chi connectivity index (χ0) is 14.0. The van der Waals surface area contributed by atoms with Gasteiger partial charge in [0.2, 0.25) is 5.76 Å². The number of ether oxygens (including phenoxy) is 1. The Labute approximate surface area is 116 Å². The summed E-state index contributed by atoms with van der Waals surface area (Å²) in [6.45, 7) is 1.58. The maximum atomic E-state index is 13.4. The second-order valence-electron chi connectivity index (χ2n) is 3.89. The van der Waals surface area contributed by atoms with Crippen LogP contribution in [-0.2, 0) is 6.61 Å². The molecule has 6 heteroatoms. The number of halogens is 2. The van der Waals surface area contributed by atoms with Crippen LogP contribution < -0.4 is 4.74 Å². The lowest BCUT2D eigenvalue weighted by Crippen LogP contribution is -1.97. The van der Waals surface area contributed by atoms with Gasteiger partial charge in [-0.25, -0.2) is 9.18 Å². The molecule has 0 spiro atoms. The fraction of sp³-hybridized carbons (Fsp3) is 0.154. The molecule has 4 nitrogen and oxygen atoms in total. The monoisotopic (exact) mass is 328 g/mol. The molecule has 0 amide bonds. The third kappa shape index (κ3) is 3.14. The number of hydrogen-bond donors (Lipinski definition) is 1. The third-order valence-electron chi connectivity index (χ3n) is 2.43. The molecule has 2 rings (SSSR count). The molecule has 2 aromatic rings. The highest BCUT2D eigenvalue weighted by molar-refractivity contribution is 9.10. The first kappa shape index (κ1) is 13.6. The lowest BCUT2D eigenvalue weighted by molar-refractivity contribution is 0.0657. The van der Waals surface area contributed by atoms with Crippen LogP contribution in [0.25, 0.3) is 0 Å². The number of carboxylic acid groups (broad SMARTS) is 1. The first-order valence-corrected chi connectivity index (χ1v) is 6.17. The number of hydrogen-bond acceptors (Lipinski definition) is 3. The van der Waals surface area contributed by atoms with Crippen molar-refractivity contribution >= 4 is 21.9 Å². The minimum Gasteiger partial charge on any atom is -0.483 e. The fourth-order valence-corrected chi connectivity index (χ4v) is 1.91. The van der Waals surface area contributed by atoms with Gasteiger partial charge in [0, 0.05) is 10.0 Å². The largest absolute Gasteiger partial charge is 0.483 e. The molecule has 1 N–H and O–H groups in total. The van der Waals surface area contributed by atoms with Gasteiger partial charge < -0.3 is 14.3 Å². The third-order valence-corrected chi connectivity index (χ3v) is 2.92. The summed E-state index contributed by atoms with van der Waals surface area (Å²) in [4.78, 5) is 10.8.